The van der Waals surface area contributed by atoms with Crippen LogP contribution in [0.4, 0.5) is 0 Å². The molecule has 0 bridgehead atoms. The van der Waals surface area contributed by atoms with E-state index in [4.69, 9.17) is 0 Å². The van der Waals surface area contributed by atoms with Crippen LogP contribution in [0.2, 0.25) is 0 Å². The van der Waals surface area contributed by atoms with Crippen molar-refractivity contribution in [1.82, 2.24) is 0 Å². The van der Waals surface area contributed by atoms with Crippen LogP contribution in [0.25, 0.3) is 0 Å². The topological polar surface area (TPSA) is 0 Å². The van der Waals surface area contributed by atoms with Crippen LogP contribution < -0.4 is 0 Å². The van der Waals surface area contributed by atoms with Crippen molar-refractivity contribution < 1.29 is 16.8 Å². The molecule has 11 heteroatoms. The van der Waals surface area contributed by atoms with Gasteiger partial charge in [-0.15, -0.1) is 0 Å². The molecule has 8 saturated heterocycles. The van der Waals surface area contributed by atoms with E-state index in [1.807, 2.05) is 15.9 Å². The molecule has 0 aromatic heterocycles. The molecule has 3 spiro atoms. The number of fused-ring (bicyclic) bond motifs is 3. The zero-order valence-electron chi connectivity index (χ0n) is 4.91. The summed E-state index contributed by atoms with van der Waals surface area (Å²) in [5.74, 6) is 0. The molecule has 0 aliphatic carbocycles. The number of rotatable bonds is 0. The normalized spacial score (nSPS) is 112. The van der Waals surface area contributed by atoms with Gasteiger partial charge in [0.1, 0.15) is 0 Å². The monoisotopic (exact) mass is 371 g/mol. The minimum absolute atomic E-state index is 0. The van der Waals surface area contributed by atoms with E-state index in [0.29, 0.717) is 0 Å². The number of hydrogen-bond donors (Lipinski definition) is 0. The quantitative estimate of drug-likeness (QED) is 0.378. The maximum Gasteiger partial charge on any atom is 0 e. The van der Waals surface area contributed by atoms with Gasteiger partial charge in [-0.1, -0.05) is 0 Å². The average molecular weight is 371 g/mol. The van der Waals surface area contributed by atoms with Crippen LogP contribution in [0.3, 0.4) is 0 Å². The Kier molecular flexibility index (Phi) is 0.697. The molecular formula is H2CoP10. The van der Waals surface area contributed by atoms with E-state index in [9.17, 15) is 0 Å². The van der Waals surface area contributed by atoms with E-state index >= 15 is 0 Å². The second-order valence-electron chi connectivity index (χ2n) is 4.35. The third-order valence-electron chi connectivity index (χ3n) is 5.16. The molecule has 0 amide bonds. The van der Waals surface area contributed by atoms with Crippen molar-refractivity contribution in [2.24, 2.45) is 0 Å². The summed E-state index contributed by atoms with van der Waals surface area (Å²) in [7, 11) is 3.82. The summed E-state index contributed by atoms with van der Waals surface area (Å²) in [6, 6.07) is 0. The Balaban J connectivity index is 0.000000361. The smallest absolute Gasteiger partial charge is 0 e. The molecule has 0 aromatic carbocycles. The van der Waals surface area contributed by atoms with Gasteiger partial charge in [-0.3, -0.25) is 0 Å². The zero-order valence-corrected chi connectivity index (χ0v) is 15.1. The zero-order chi connectivity index (χ0) is 5.64. The maximum atomic E-state index is 1.99. The molecule has 1 radical (unpaired) electrons. The molecular weight excluding hydrogens is 369 g/mol. The fourth-order valence-corrected chi connectivity index (χ4v) is 1170. The Labute approximate surface area is 82.2 Å². The van der Waals surface area contributed by atoms with Crippen molar-refractivity contribution in [2.75, 3.05) is 0 Å². The molecule has 8 aliphatic rings. The molecule has 0 nitrogen and oxygen atoms in total. The summed E-state index contributed by atoms with van der Waals surface area (Å²) < 4.78 is 0. The van der Waals surface area contributed by atoms with Crippen molar-refractivity contribution >= 4 is 66.0 Å². The van der Waals surface area contributed by atoms with Gasteiger partial charge in [0.2, 0.25) is 0 Å². The molecule has 8 heterocycles. The van der Waals surface area contributed by atoms with Crippen LogP contribution >= 0.6 is 66.0 Å². The van der Waals surface area contributed by atoms with Gasteiger partial charge in [-0.25, -0.2) is 0 Å². The summed E-state index contributed by atoms with van der Waals surface area (Å²) >= 11 is 0. The van der Waals surface area contributed by atoms with Gasteiger partial charge in [0.25, 0.3) is 0 Å². The first-order chi connectivity index (χ1) is 4.86. The van der Waals surface area contributed by atoms with Gasteiger partial charge in [0.05, 0.1) is 0 Å². The van der Waals surface area contributed by atoms with Crippen LogP contribution in [0.5, 0.6) is 0 Å². The molecule has 8 rings (SSSR count). The molecule has 0 N–H and O–H groups in total. The molecule has 61 valence electrons. The Bertz CT molecular complexity index is 489. The summed E-state index contributed by atoms with van der Waals surface area (Å²) in [4.78, 5) is 0. The first kappa shape index (κ1) is 7.29. The predicted octanol–water partition coefficient (Wildman–Crippen LogP) is 8.07. The van der Waals surface area contributed by atoms with Crippen molar-refractivity contribution in [2.45, 2.75) is 0 Å². The van der Waals surface area contributed by atoms with Crippen molar-refractivity contribution in [3.05, 3.63) is 0 Å². The summed E-state index contributed by atoms with van der Waals surface area (Å²) in [6.45, 7) is 6.13. The van der Waals surface area contributed by atoms with Crippen LogP contribution in [-0.4, -0.2) is 0 Å². The fraction of sp³-hybridized carbons (Fsp3) is 0. The third kappa shape index (κ3) is 0.166. The Morgan fingerprint density at radius 2 is 2.00 bits per heavy atom. The first-order valence-electron chi connectivity index (χ1n) is 3.49. The molecule has 0 saturated carbocycles. The van der Waals surface area contributed by atoms with E-state index < -0.39 is 0 Å². The second kappa shape index (κ2) is 1.05. The van der Waals surface area contributed by atoms with Crippen LogP contribution in [0.15, 0.2) is 0 Å². The van der Waals surface area contributed by atoms with Gasteiger partial charge < -0.3 is 0 Å². The van der Waals surface area contributed by atoms with Gasteiger partial charge in [-0.05, 0) is 0 Å². The van der Waals surface area contributed by atoms with Crippen molar-refractivity contribution in [1.29, 1.82) is 0 Å². The molecule has 7 unspecified atom stereocenters. The minimum Gasteiger partial charge on any atom is 0 e. The Hall–Kier alpha value is 4.81. The van der Waals surface area contributed by atoms with Gasteiger partial charge in [-0.2, -0.15) is 0 Å². The summed E-state index contributed by atoms with van der Waals surface area (Å²) in [5.41, 5.74) is 0. The fourth-order valence-electron chi connectivity index (χ4n) is 5.01. The maximum absolute atomic E-state index is 1.99. The van der Waals surface area contributed by atoms with E-state index in [2.05, 4.69) is 0 Å². The molecule has 11 heavy (non-hydrogen) atoms. The Morgan fingerprint density at radius 1 is 1.09 bits per heavy atom. The third-order valence-corrected chi connectivity index (χ3v) is 389. The van der Waals surface area contributed by atoms with Gasteiger partial charge in [0, 0.05) is 16.8 Å². The predicted molar refractivity (Wildman–Crippen MR) is 72.0 cm³/mol. The summed E-state index contributed by atoms with van der Waals surface area (Å²) in [6.07, 6.45) is 0. The second-order valence-corrected chi connectivity index (χ2v) is 117. The molecule has 8 aliphatic heterocycles. The van der Waals surface area contributed by atoms with E-state index in [1.54, 1.807) is 0 Å². The largest absolute Gasteiger partial charge is 0 e. The van der Waals surface area contributed by atoms with Gasteiger partial charge >= 0.3 is 66.0 Å². The van der Waals surface area contributed by atoms with Gasteiger partial charge in [0.15, 0.2) is 0 Å². The average Bonchev–Trinajstić information content (AvgIpc) is 2.64. The van der Waals surface area contributed by atoms with Crippen molar-refractivity contribution in [3.63, 3.8) is 0 Å². The number of hydrogen-bond acceptors (Lipinski definition) is 0. The SMILES string of the molecule is P1P2P3P4P5P467PP564P1P2374.[Co]. The first-order valence-corrected chi connectivity index (χ1v) is 31.4. The van der Waals surface area contributed by atoms with E-state index in [1.165, 1.54) is 34.9 Å². The van der Waals surface area contributed by atoms with Crippen LogP contribution in [-0.2, 0) is 16.8 Å². The molecule has 7 atom stereocenters. The van der Waals surface area contributed by atoms with Crippen LogP contribution in [0, 0.1) is 0 Å². The van der Waals surface area contributed by atoms with E-state index in [-0.39, 0.29) is 31.9 Å². The minimum atomic E-state index is 0. The standard InChI is InChI=1S/Co.H2P10/c;1-3-5-6-7-8-2-9(6,7,8)10(3,5,8)4(1)8/h;1-2H. The molecule has 8 fully saturated rings. The molecule has 0 aromatic rings. The van der Waals surface area contributed by atoms with Crippen LogP contribution in [0.1, 0.15) is 0 Å². The van der Waals surface area contributed by atoms with Crippen molar-refractivity contribution in [3.8, 4) is 0 Å². The van der Waals surface area contributed by atoms with E-state index in [0.717, 1.165) is 0 Å². The summed E-state index contributed by atoms with van der Waals surface area (Å²) in [5, 5.41) is 0.133. The Morgan fingerprint density at radius 3 is 2.45 bits per heavy atom.